The number of amides is 1. The lowest BCUT2D eigenvalue weighted by atomic mass is 10.0. The number of nitriles is 1. The van der Waals surface area contributed by atoms with Crippen molar-refractivity contribution in [1.29, 1.82) is 5.26 Å². The van der Waals surface area contributed by atoms with Crippen molar-refractivity contribution in [1.82, 2.24) is 20.1 Å². The summed E-state index contributed by atoms with van der Waals surface area (Å²) in [5, 5.41) is 16.6. The van der Waals surface area contributed by atoms with E-state index in [0.717, 1.165) is 48.5 Å². The molecular formula is C22H20FN5O2. The van der Waals surface area contributed by atoms with Gasteiger partial charge in [0.1, 0.15) is 5.82 Å². The monoisotopic (exact) mass is 405 g/mol. The van der Waals surface area contributed by atoms with E-state index in [4.69, 9.17) is 10.00 Å². The fourth-order valence-electron chi connectivity index (χ4n) is 3.59. The highest BCUT2D eigenvalue weighted by molar-refractivity contribution is 5.94. The highest BCUT2D eigenvalue weighted by atomic mass is 19.1. The van der Waals surface area contributed by atoms with E-state index in [-0.39, 0.29) is 17.2 Å². The molecule has 0 radical (unpaired) electrons. The van der Waals surface area contributed by atoms with E-state index in [9.17, 15) is 9.18 Å². The molecule has 7 nitrogen and oxygen atoms in total. The van der Waals surface area contributed by atoms with E-state index in [1.54, 1.807) is 6.20 Å². The van der Waals surface area contributed by atoms with Crippen LogP contribution in [0.25, 0.3) is 11.3 Å². The molecule has 1 aromatic carbocycles. The zero-order chi connectivity index (χ0) is 21.1. The Bertz CT molecular complexity index is 1130. The van der Waals surface area contributed by atoms with Gasteiger partial charge in [0.2, 0.25) is 5.88 Å². The number of aryl methyl sites for hydroxylation is 1. The van der Waals surface area contributed by atoms with Gasteiger partial charge in [-0.05, 0) is 50.1 Å². The molecule has 1 atom stereocenters. The van der Waals surface area contributed by atoms with Gasteiger partial charge in [0, 0.05) is 29.9 Å². The maximum Gasteiger partial charge on any atom is 0.251 e. The summed E-state index contributed by atoms with van der Waals surface area (Å²) in [6.45, 7) is 3.18. The predicted molar refractivity (Wildman–Crippen MR) is 107 cm³/mol. The lowest BCUT2D eigenvalue weighted by molar-refractivity contribution is 0.0928. The van der Waals surface area contributed by atoms with Crippen LogP contribution in [0.1, 0.15) is 47.4 Å². The summed E-state index contributed by atoms with van der Waals surface area (Å²) in [5.74, 6) is -0.502. The molecule has 30 heavy (non-hydrogen) atoms. The fraction of sp³-hybridized carbons (Fsp3) is 0.273. The Morgan fingerprint density at radius 1 is 1.37 bits per heavy atom. The summed E-state index contributed by atoms with van der Waals surface area (Å²) < 4.78 is 21.1. The van der Waals surface area contributed by atoms with Gasteiger partial charge in [0.15, 0.2) is 0 Å². The Kier molecular flexibility index (Phi) is 5.44. The number of nitrogens with one attached hydrogen (secondary N) is 1. The van der Waals surface area contributed by atoms with Gasteiger partial charge in [-0.25, -0.2) is 9.37 Å². The Morgan fingerprint density at radius 2 is 2.23 bits per heavy atom. The van der Waals surface area contributed by atoms with Crippen LogP contribution in [0, 0.1) is 17.1 Å². The second-order valence-electron chi connectivity index (χ2n) is 7.00. The topological polar surface area (TPSA) is 92.8 Å². The predicted octanol–water partition coefficient (Wildman–Crippen LogP) is 3.62. The molecule has 8 heteroatoms. The van der Waals surface area contributed by atoms with E-state index < -0.39 is 11.7 Å². The summed E-state index contributed by atoms with van der Waals surface area (Å²) in [6.07, 6.45) is 3.28. The first-order valence-corrected chi connectivity index (χ1v) is 9.76. The SMILES string of the molecule is CCOc1cc(-c2cc3n(n2)CCCC3NC(=O)c2cc(F)cc(C#N)c2)ccn1. The minimum Gasteiger partial charge on any atom is -0.478 e. The minimum atomic E-state index is -0.613. The number of benzene rings is 1. The van der Waals surface area contributed by atoms with E-state index in [2.05, 4.69) is 15.4 Å². The third-order valence-electron chi connectivity index (χ3n) is 4.95. The van der Waals surface area contributed by atoms with Gasteiger partial charge < -0.3 is 10.1 Å². The molecule has 0 saturated heterocycles. The van der Waals surface area contributed by atoms with Gasteiger partial charge in [0.05, 0.1) is 35.7 Å². The quantitative estimate of drug-likeness (QED) is 0.700. The first-order valence-electron chi connectivity index (χ1n) is 9.76. The average Bonchev–Trinajstić information content (AvgIpc) is 3.19. The van der Waals surface area contributed by atoms with E-state index in [0.29, 0.717) is 12.5 Å². The van der Waals surface area contributed by atoms with Crippen LogP contribution in [-0.4, -0.2) is 27.3 Å². The lowest BCUT2D eigenvalue weighted by Crippen LogP contribution is -2.32. The smallest absolute Gasteiger partial charge is 0.251 e. The Hall–Kier alpha value is -3.73. The van der Waals surface area contributed by atoms with E-state index in [1.165, 1.54) is 6.07 Å². The zero-order valence-corrected chi connectivity index (χ0v) is 16.4. The van der Waals surface area contributed by atoms with Gasteiger partial charge in [0.25, 0.3) is 5.91 Å². The number of carbonyl (C=O) groups is 1. The molecule has 0 spiro atoms. The van der Waals surface area contributed by atoms with Crippen LogP contribution in [0.2, 0.25) is 0 Å². The van der Waals surface area contributed by atoms with Crippen LogP contribution in [-0.2, 0) is 6.54 Å². The molecule has 1 N–H and O–H groups in total. The van der Waals surface area contributed by atoms with Crippen molar-refractivity contribution in [3.05, 3.63) is 65.2 Å². The fourth-order valence-corrected chi connectivity index (χ4v) is 3.59. The number of nitrogens with zero attached hydrogens (tertiary/aromatic N) is 4. The second-order valence-corrected chi connectivity index (χ2v) is 7.00. The molecule has 4 rings (SSSR count). The van der Waals surface area contributed by atoms with Crippen molar-refractivity contribution in [2.45, 2.75) is 32.4 Å². The number of hydrogen-bond donors (Lipinski definition) is 1. The number of hydrogen-bond acceptors (Lipinski definition) is 5. The molecule has 2 aromatic heterocycles. The van der Waals surface area contributed by atoms with E-state index in [1.807, 2.05) is 35.9 Å². The zero-order valence-electron chi connectivity index (χ0n) is 16.4. The number of pyridine rings is 1. The molecule has 1 aliphatic heterocycles. The number of ether oxygens (including phenoxy) is 1. The summed E-state index contributed by atoms with van der Waals surface area (Å²) in [6, 6.07) is 10.9. The molecule has 0 bridgehead atoms. The van der Waals surface area contributed by atoms with E-state index >= 15 is 0 Å². The maximum absolute atomic E-state index is 13.7. The molecule has 0 fully saturated rings. The number of rotatable bonds is 5. The van der Waals surface area contributed by atoms with Crippen molar-refractivity contribution in [3.8, 4) is 23.2 Å². The summed E-state index contributed by atoms with van der Waals surface area (Å²) in [5.41, 5.74) is 2.77. The van der Waals surface area contributed by atoms with Crippen molar-refractivity contribution >= 4 is 5.91 Å². The Morgan fingerprint density at radius 3 is 3.03 bits per heavy atom. The second kappa shape index (κ2) is 8.33. The number of halogens is 1. The summed E-state index contributed by atoms with van der Waals surface area (Å²) in [7, 11) is 0. The Labute approximate surface area is 173 Å². The lowest BCUT2D eigenvalue weighted by Gasteiger charge is -2.24. The molecule has 0 saturated carbocycles. The van der Waals surface area contributed by atoms with Crippen molar-refractivity contribution in [3.63, 3.8) is 0 Å². The van der Waals surface area contributed by atoms with Crippen LogP contribution >= 0.6 is 0 Å². The molecule has 1 unspecified atom stereocenters. The first kappa shape index (κ1) is 19.6. The van der Waals surface area contributed by atoms with Gasteiger partial charge in [-0.15, -0.1) is 0 Å². The average molecular weight is 405 g/mol. The standard InChI is InChI=1S/C22H20FN5O2/c1-2-30-21-11-15(5-6-25-21)19-12-20-18(4-3-7-28(20)27-19)26-22(29)16-8-14(13-24)9-17(23)10-16/h5-6,8-12,18H,2-4,7H2,1H3,(H,26,29). The van der Waals surface area contributed by atoms with Crippen molar-refractivity contribution < 1.29 is 13.9 Å². The van der Waals surface area contributed by atoms with Crippen LogP contribution in [0.5, 0.6) is 5.88 Å². The van der Waals surface area contributed by atoms with Crippen LogP contribution in [0.3, 0.4) is 0 Å². The normalized spacial score (nSPS) is 15.2. The minimum absolute atomic E-state index is 0.110. The third kappa shape index (κ3) is 4.01. The molecule has 3 heterocycles. The van der Waals surface area contributed by atoms with Gasteiger partial charge in [-0.1, -0.05) is 0 Å². The third-order valence-corrected chi connectivity index (χ3v) is 4.95. The maximum atomic E-state index is 13.7. The molecule has 1 aliphatic rings. The van der Waals surface area contributed by atoms with Crippen molar-refractivity contribution in [2.24, 2.45) is 0 Å². The van der Waals surface area contributed by atoms with Gasteiger partial charge in [-0.3, -0.25) is 9.48 Å². The summed E-state index contributed by atoms with van der Waals surface area (Å²) >= 11 is 0. The molecule has 0 aliphatic carbocycles. The summed E-state index contributed by atoms with van der Waals surface area (Å²) in [4.78, 5) is 16.9. The number of fused-ring (bicyclic) bond motifs is 1. The largest absolute Gasteiger partial charge is 0.478 e. The van der Waals surface area contributed by atoms with Gasteiger partial charge in [-0.2, -0.15) is 10.4 Å². The number of carbonyl (C=O) groups excluding carboxylic acids is 1. The Balaban J connectivity index is 1.59. The van der Waals surface area contributed by atoms with Crippen molar-refractivity contribution in [2.75, 3.05) is 6.61 Å². The number of aromatic nitrogens is 3. The van der Waals surface area contributed by atoms with Gasteiger partial charge >= 0.3 is 0 Å². The highest BCUT2D eigenvalue weighted by Crippen LogP contribution is 2.30. The molecule has 152 valence electrons. The highest BCUT2D eigenvalue weighted by Gasteiger charge is 2.25. The van der Waals surface area contributed by atoms with Crippen LogP contribution in [0.4, 0.5) is 4.39 Å². The van der Waals surface area contributed by atoms with Crippen LogP contribution in [0.15, 0.2) is 42.6 Å². The first-order chi connectivity index (χ1) is 14.6. The molecule has 1 amide bonds. The van der Waals surface area contributed by atoms with Crippen LogP contribution < -0.4 is 10.1 Å². The molecule has 3 aromatic rings. The molecular weight excluding hydrogens is 385 g/mol.